The van der Waals surface area contributed by atoms with Gasteiger partial charge in [0.05, 0.1) is 12.1 Å². The average Bonchev–Trinajstić information content (AvgIpc) is 2.22. The van der Waals surface area contributed by atoms with Crippen molar-refractivity contribution in [2.75, 3.05) is 7.11 Å². The van der Waals surface area contributed by atoms with Gasteiger partial charge in [-0.05, 0) is 30.9 Å². The van der Waals surface area contributed by atoms with E-state index in [4.69, 9.17) is 10.5 Å². The van der Waals surface area contributed by atoms with Crippen LogP contribution in [0.4, 0.5) is 0 Å². The quantitative estimate of drug-likeness (QED) is 0.848. The SMILES string of the molecule is COC(C(C)C)C(N)c1cc(C)ccc1C. The first kappa shape index (κ1) is 13.2. The first-order valence-electron chi connectivity index (χ1n) is 5.83. The van der Waals surface area contributed by atoms with Gasteiger partial charge in [-0.25, -0.2) is 0 Å². The summed E-state index contributed by atoms with van der Waals surface area (Å²) in [5, 5.41) is 0. The van der Waals surface area contributed by atoms with Crippen molar-refractivity contribution in [3.8, 4) is 0 Å². The van der Waals surface area contributed by atoms with Crippen molar-refractivity contribution in [1.29, 1.82) is 0 Å². The van der Waals surface area contributed by atoms with Gasteiger partial charge in [0, 0.05) is 7.11 Å². The van der Waals surface area contributed by atoms with E-state index in [9.17, 15) is 0 Å². The fourth-order valence-electron chi connectivity index (χ4n) is 2.13. The average molecular weight is 221 g/mol. The summed E-state index contributed by atoms with van der Waals surface area (Å²) in [7, 11) is 1.73. The number of aryl methyl sites for hydroxylation is 2. The number of ether oxygens (including phenoxy) is 1. The van der Waals surface area contributed by atoms with Crippen molar-refractivity contribution in [2.24, 2.45) is 11.7 Å². The Morgan fingerprint density at radius 2 is 1.81 bits per heavy atom. The molecule has 0 aliphatic heterocycles. The van der Waals surface area contributed by atoms with Gasteiger partial charge < -0.3 is 10.5 Å². The number of benzene rings is 1. The summed E-state index contributed by atoms with van der Waals surface area (Å²) in [6.07, 6.45) is 0.0699. The van der Waals surface area contributed by atoms with E-state index in [-0.39, 0.29) is 12.1 Å². The Bertz CT molecular complexity index is 347. The molecule has 1 aromatic rings. The first-order chi connectivity index (χ1) is 7.47. The van der Waals surface area contributed by atoms with Gasteiger partial charge in [0.1, 0.15) is 0 Å². The Labute approximate surface area is 98.8 Å². The van der Waals surface area contributed by atoms with Gasteiger partial charge in [0.15, 0.2) is 0 Å². The van der Waals surface area contributed by atoms with E-state index in [1.165, 1.54) is 16.7 Å². The van der Waals surface area contributed by atoms with Crippen molar-refractivity contribution >= 4 is 0 Å². The van der Waals surface area contributed by atoms with Crippen LogP contribution in [0.1, 0.15) is 36.6 Å². The molecule has 2 nitrogen and oxygen atoms in total. The Morgan fingerprint density at radius 1 is 1.19 bits per heavy atom. The second-order valence-electron chi connectivity index (χ2n) is 4.83. The van der Waals surface area contributed by atoms with Crippen molar-refractivity contribution in [1.82, 2.24) is 0 Å². The second kappa shape index (κ2) is 5.46. The van der Waals surface area contributed by atoms with Crippen LogP contribution in [-0.4, -0.2) is 13.2 Å². The lowest BCUT2D eigenvalue weighted by Gasteiger charge is -2.27. The second-order valence-corrected chi connectivity index (χ2v) is 4.83. The monoisotopic (exact) mass is 221 g/mol. The summed E-state index contributed by atoms with van der Waals surface area (Å²) in [4.78, 5) is 0. The predicted octanol–water partition coefficient (Wildman–Crippen LogP) is 2.97. The largest absolute Gasteiger partial charge is 0.379 e. The van der Waals surface area contributed by atoms with Crippen molar-refractivity contribution in [3.05, 3.63) is 34.9 Å². The molecular weight excluding hydrogens is 198 g/mol. The molecular formula is C14H23NO. The maximum atomic E-state index is 6.30. The van der Waals surface area contributed by atoms with Crippen LogP contribution >= 0.6 is 0 Å². The third-order valence-corrected chi connectivity index (χ3v) is 3.08. The van der Waals surface area contributed by atoms with Crippen LogP contribution in [0.2, 0.25) is 0 Å². The highest BCUT2D eigenvalue weighted by molar-refractivity contribution is 5.33. The zero-order valence-corrected chi connectivity index (χ0v) is 10.9. The van der Waals surface area contributed by atoms with Crippen LogP contribution in [-0.2, 0) is 4.74 Å². The highest BCUT2D eigenvalue weighted by Gasteiger charge is 2.23. The van der Waals surface area contributed by atoms with Crippen LogP contribution in [0.3, 0.4) is 0 Å². The van der Waals surface area contributed by atoms with Gasteiger partial charge >= 0.3 is 0 Å². The predicted molar refractivity (Wildman–Crippen MR) is 68.5 cm³/mol. The molecule has 0 spiro atoms. The van der Waals surface area contributed by atoms with Gasteiger partial charge in [0.2, 0.25) is 0 Å². The molecule has 90 valence electrons. The minimum absolute atomic E-state index is 0.0510. The molecule has 0 amide bonds. The molecule has 2 atom stereocenters. The number of hydrogen-bond acceptors (Lipinski definition) is 2. The summed E-state index contributed by atoms with van der Waals surface area (Å²) >= 11 is 0. The highest BCUT2D eigenvalue weighted by atomic mass is 16.5. The summed E-state index contributed by atoms with van der Waals surface area (Å²) < 4.78 is 5.50. The topological polar surface area (TPSA) is 35.2 Å². The molecule has 0 saturated carbocycles. The Morgan fingerprint density at radius 3 is 2.31 bits per heavy atom. The number of nitrogens with two attached hydrogens (primary N) is 1. The Kier molecular flexibility index (Phi) is 4.51. The zero-order valence-electron chi connectivity index (χ0n) is 10.9. The summed E-state index contributed by atoms with van der Waals surface area (Å²) in [6, 6.07) is 6.35. The van der Waals surface area contributed by atoms with E-state index >= 15 is 0 Å². The maximum Gasteiger partial charge on any atom is 0.0786 e. The van der Waals surface area contributed by atoms with Gasteiger partial charge in [-0.2, -0.15) is 0 Å². The van der Waals surface area contributed by atoms with E-state index in [1.807, 2.05) is 0 Å². The van der Waals surface area contributed by atoms with Crippen LogP contribution < -0.4 is 5.73 Å². The number of methoxy groups -OCH3 is 1. The van der Waals surface area contributed by atoms with E-state index in [0.717, 1.165) is 0 Å². The zero-order chi connectivity index (χ0) is 12.3. The highest BCUT2D eigenvalue weighted by Crippen LogP contribution is 2.25. The van der Waals surface area contributed by atoms with Crippen LogP contribution in [0.15, 0.2) is 18.2 Å². The summed E-state index contributed by atoms with van der Waals surface area (Å²) in [6.45, 7) is 8.47. The molecule has 16 heavy (non-hydrogen) atoms. The molecule has 0 saturated heterocycles. The van der Waals surface area contributed by atoms with Crippen LogP contribution in [0, 0.1) is 19.8 Å². The third kappa shape index (κ3) is 2.83. The maximum absolute atomic E-state index is 6.30. The van der Waals surface area contributed by atoms with Gasteiger partial charge in [-0.1, -0.05) is 37.6 Å². The smallest absolute Gasteiger partial charge is 0.0786 e. The summed E-state index contributed by atoms with van der Waals surface area (Å²) in [5.41, 5.74) is 9.97. The number of rotatable bonds is 4. The Balaban J connectivity index is 3.02. The normalized spacial score (nSPS) is 15.2. The molecule has 0 fully saturated rings. The molecule has 2 heteroatoms. The van der Waals surface area contributed by atoms with Gasteiger partial charge in [-0.15, -0.1) is 0 Å². The van der Waals surface area contributed by atoms with Gasteiger partial charge in [-0.3, -0.25) is 0 Å². The standard InChI is InChI=1S/C14H23NO/c1-9(2)14(16-5)13(15)12-8-10(3)6-7-11(12)4/h6-9,13-14H,15H2,1-5H3. The molecule has 2 unspecified atom stereocenters. The molecule has 1 rings (SSSR count). The van der Waals surface area contributed by atoms with Crippen LogP contribution in [0.25, 0.3) is 0 Å². The Hall–Kier alpha value is -0.860. The molecule has 1 aromatic carbocycles. The minimum atomic E-state index is -0.0510. The molecule has 0 heterocycles. The van der Waals surface area contributed by atoms with Crippen molar-refractivity contribution in [3.63, 3.8) is 0 Å². The molecule has 0 radical (unpaired) electrons. The van der Waals surface area contributed by atoms with E-state index in [0.29, 0.717) is 5.92 Å². The molecule has 0 aliphatic carbocycles. The van der Waals surface area contributed by atoms with Crippen molar-refractivity contribution in [2.45, 2.75) is 39.8 Å². The van der Waals surface area contributed by atoms with Gasteiger partial charge in [0.25, 0.3) is 0 Å². The number of hydrogen-bond donors (Lipinski definition) is 1. The third-order valence-electron chi connectivity index (χ3n) is 3.08. The lowest BCUT2D eigenvalue weighted by Crippen LogP contribution is -2.33. The fraction of sp³-hybridized carbons (Fsp3) is 0.571. The molecule has 0 aromatic heterocycles. The summed E-state index contributed by atoms with van der Waals surface area (Å²) in [5.74, 6) is 0.417. The van der Waals surface area contributed by atoms with E-state index in [1.54, 1.807) is 7.11 Å². The lowest BCUT2D eigenvalue weighted by atomic mass is 9.91. The van der Waals surface area contributed by atoms with E-state index in [2.05, 4.69) is 45.9 Å². The fourth-order valence-corrected chi connectivity index (χ4v) is 2.13. The van der Waals surface area contributed by atoms with E-state index < -0.39 is 0 Å². The molecule has 2 N–H and O–H groups in total. The molecule has 0 aliphatic rings. The van der Waals surface area contributed by atoms with Crippen LogP contribution in [0.5, 0.6) is 0 Å². The lowest BCUT2D eigenvalue weighted by molar-refractivity contribution is 0.0435. The minimum Gasteiger partial charge on any atom is -0.379 e. The van der Waals surface area contributed by atoms with Crippen molar-refractivity contribution < 1.29 is 4.74 Å². The molecule has 0 bridgehead atoms. The first-order valence-corrected chi connectivity index (χ1v) is 5.83.